The zero-order valence-corrected chi connectivity index (χ0v) is 14.6. The lowest BCUT2D eigenvalue weighted by atomic mass is 10.1. The highest BCUT2D eigenvalue weighted by atomic mass is 35.5. The number of carbonyl (C=O) groups excluding carboxylic acids is 2. The van der Waals surface area contributed by atoms with Crippen LogP contribution in [0.15, 0.2) is 30.5 Å². The van der Waals surface area contributed by atoms with Crippen LogP contribution in [0.1, 0.15) is 31.5 Å². The Morgan fingerprint density at radius 3 is 2.84 bits per heavy atom. The topological polar surface area (TPSA) is 89.2 Å². The number of primary amides is 1. The SMILES string of the molecule is NC(=O)c1ncc2c(n1)CCN(C(=O)c1sc3ccccc3c1Cl)C2. The fourth-order valence-corrected chi connectivity index (χ4v) is 4.38. The number of benzene rings is 1. The van der Waals surface area contributed by atoms with E-state index in [4.69, 9.17) is 17.3 Å². The van der Waals surface area contributed by atoms with Crippen molar-refractivity contribution in [2.24, 2.45) is 5.73 Å². The van der Waals surface area contributed by atoms with E-state index < -0.39 is 5.91 Å². The molecule has 0 aliphatic carbocycles. The number of halogens is 1. The third kappa shape index (κ3) is 2.75. The Labute approximate surface area is 152 Å². The number of hydrogen-bond donors (Lipinski definition) is 1. The smallest absolute Gasteiger partial charge is 0.286 e. The molecule has 0 saturated heterocycles. The highest BCUT2D eigenvalue weighted by molar-refractivity contribution is 7.21. The number of fused-ring (bicyclic) bond motifs is 2. The maximum absolute atomic E-state index is 12.9. The number of rotatable bonds is 2. The van der Waals surface area contributed by atoms with E-state index in [1.165, 1.54) is 11.3 Å². The summed E-state index contributed by atoms with van der Waals surface area (Å²) < 4.78 is 0.989. The van der Waals surface area contributed by atoms with E-state index in [1.807, 2.05) is 24.3 Å². The molecule has 1 aliphatic heterocycles. The van der Waals surface area contributed by atoms with Gasteiger partial charge >= 0.3 is 0 Å². The van der Waals surface area contributed by atoms with Crippen molar-refractivity contribution in [1.29, 1.82) is 0 Å². The minimum atomic E-state index is -0.654. The van der Waals surface area contributed by atoms with E-state index in [2.05, 4.69) is 9.97 Å². The van der Waals surface area contributed by atoms with Crippen LogP contribution in [0.25, 0.3) is 10.1 Å². The molecular formula is C17H13ClN4O2S. The van der Waals surface area contributed by atoms with Crippen LogP contribution >= 0.6 is 22.9 Å². The average Bonchev–Trinajstić information content (AvgIpc) is 2.97. The molecule has 1 aliphatic rings. The molecule has 2 amide bonds. The highest BCUT2D eigenvalue weighted by Crippen LogP contribution is 2.36. The normalized spacial score (nSPS) is 13.7. The molecule has 8 heteroatoms. The first-order chi connectivity index (χ1) is 12.0. The zero-order chi connectivity index (χ0) is 17.6. The second-order valence-corrected chi connectivity index (χ2v) is 7.18. The molecule has 1 aromatic carbocycles. The number of hydrogen-bond acceptors (Lipinski definition) is 5. The third-order valence-corrected chi connectivity index (χ3v) is 5.83. The van der Waals surface area contributed by atoms with Crippen molar-refractivity contribution in [3.05, 3.63) is 57.4 Å². The van der Waals surface area contributed by atoms with Crippen molar-refractivity contribution >= 4 is 44.8 Å². The number of thiophene rings is 1. The Morgan fingerprint density at radius 2 is 2.08 bits per heavy atom. The van der Waals surface area contributed by atoms with Crippen LogP contribution < -0.4 is 5.73 Å². The van der Waals surface area contributed by atoms with E-state index in [9.17, 15) is 9.59 Å². The number of carbonyl (C=O) groups is 2. The lowest BCUT2D eigenvalue weighted by Crippen LogP contribution is -2.36. The fraction of sp³-hybridized carbons (Fsp3) is 0.176. The minimum Gasteiger partial charge on any atom is -0.363 e. The van der Waals surface area contributed by atoms with Crippen LogP contribution in [-0.2, 0) is 13.0 Å². The number of nitrogens with zero attached hydrogens (tertiary/aromatic N) is 3. The molecule has 0 fully saturated rings. The van der Waals surface area contributed by atoms with E-state index >= 15 is 0 Å². The molecule has 3 heterocycles. The van der Waals surface area contributed by atoms with Gasteiger partial charge in [0.15, 0.2) is 0 Å². The summed E-state index contributed by atoms with van der Waals surface area (Å²) in [5.74, 6) is -0.750. The first-order valence-electron chi connectivity index (χ1n) is 7.65. The zero-order valence-electron chi connectivity index (χ0n) is 13.0. The minimum absolute atomic E-state index is 0.00563. The Bertz CT molecular complexity index is 1020. The summed E-state index contributed by atoms with van der Waals surface area (Å²) in [4.78, 5) is 34.5. The predicted molar refractivity (Wildman–Crippen MR) is 95.8 cm³/mol. The van der Waals surface area contributed by atoms with E-state index in [-0.39, 0.29) is 11.7 Å². The molecule has 2 N–H and O–H groups in total. The molecule has 0 radical (unpaired) electrons. The number of nitrogens with two attached hydrogens (primary N) is 1. The molecule has 3 aromatic rings. The van der Waals surface area contributed by atoms with Crippen LogP contribution in [0, 0.1) is 0 Å². The molecule has 2 aromatic heterocycles. The van der Waals surface area contributed by atoms with Gasteiger partial charge in [-0.25, -0.2) is 9.97 Å². The molecular weight excluding hydrogens is 360 g/mol. The Morgan fingerprint density at radius 1 is 1.28 bits per heavy atom. The largest absolute Gasteiger partial charge is 0.363 e. The molecule has 0 atom stereocenters. The summed E-state index contributed by atoms with van der Waals surface area (Å²) in [5.41, 5.74) is 6.79. The number of aromatic nitrogens is 2. The summed E-state index contributed by atoms with van der Waals surface area (Å²) in [5, 5.41) is 1.39. The van der Waals surface area contributed by atoms with Crippen LogP contribution in [0.3, 0.4) is 0 Å². The summed E-state index contributed by atoms with van der Waals surface area (Å²) in [6.45, 7) is 0.892. The molecule has 6 nitrogen and oxygen atoms in total. The van der Waals surface area contributed by atoms with Gasteiger partial charge in [-0.15, -0.1) is 11.3 Å². The van der Waals surface area contributed by atoms with Crippen molar-refractivity contribution in [2.45, 2.75) is 13.0 Å². The van der Waals surface area contributed by atoms with Gasteiger partial charge in [0.05, 0.1) is 10.7 Å². The van der Waals surface area contributed by atoms with Gasteiger partial charge < -0.3 is 10.6 Å². The van der Waals surface area contributed by atoms with Crippen LogP contribution in [0.4, 0.5) is 0 Å². The summed E-state index contributed by atoms with van der Waals surface area (Å²) in [6.07, 6.45) is 2.11. The van der Waals surface area contributed by atoms with Crippen molar-refractivity contribution in [3.8, 4) is 0 Å². The van der Waals surface area contributed by atoms with Gasteiger partial charge in [0, 0.05) is 41.4 Å². The Balaban J connectivity index is 1.63. The standard InChI is InChI=1S/C17H13ClN4O2S/c18-13-10-3-1-2-4-12(10)25-14(13)17(24)22-6-5-11-9(8-22)7-20-16(21-11)15(19)23/h1-4,7H,5-6,8H2,(H2,19,23). The lowest BCUT2D eigenvalue weighted by Gasteiger charge is -2.27. The second kappa shape index (κ2) is 6.09. The second-order valence-electron chi connectivity index (χ2n) is 5.75. The molecule has 0 spiro atoms. The number of amides is 2. The predicted octanol–water partition coefficient (Wildman–Crippen LogP) is 2.64. The third-order valence-electron chi connectivity index (χ3n) is 4.17. The molecule has 126 valence electrons. The van der Waals surface area contributed by atoms with Gasteiger partial charge in [-0.3, -0.25) is 9.59 Å². The first kappa shape index (κ1) is 16.0. The molecule has 4 rings (SSSR count). The van der Waals surface area contributed by atoms with Gasteiger partial charge in [0.1, 0.15) is 4.88 Å². The summed E-state index contributed by atoms with van der Waals surface area (Å²) >= 11 is 7.81. The van der Waals surface area contributed by atoms with Crippen LogP contribution in [0.5, 0.6) is 0 Å². The van der Waals surface area contributed by atoms with E-state index in [1.54, 1.807) is 11.1 Å². The maximum atomic E-state index is 12.9. The quantitative estimate of drug-likeness (QED) is 0.748. The van der Waals surface area contributed by atoms with Gasteiger partial charge in [-0.1, -0.05) is 29.8 Å². The molecule has 0 unspecified atom stereocenters. The molecule has 0 saturated carbocycles. The average molecular weight is 373 g/mol. The van der Waals surface area contributed by atoms with Gasteiger partial charge in [0.25, 0.3) is 11.8 Å². The van der Waals surface area contributed by atoms with E-state index in [0.29, 0.717) is 29.4 Å². The highest BCUT2D eigenvalue weighted by Gasteiger charge is 2.27. The summed E-state index contributed by atoms with van der Waals surface area (Å²) in [7, 11) is 0. The van der Waals surface area contributed by atoms with Crippen molar-refractivity contribution in [1.82, 2.24) is 14.9 Å². The van der Waals surface area contributed by atoms with Crippen LogP contribution in [-0.4, -0.2) is 33.2 Å². The van der Waals surface area contributed by atoms with Crippen molar-refractivity contribution in [3.63, 3.8) is 0 Å². The first-order valence-corrected chi connectivity index (χ1v) is 8.85. The maximum Gasteiger partial charge on any atom is 0.286 e. The Hall–Kier alpha value is -2.51. The van der Waals surface area contributed by atoms with Gasteiger partial charge in [-0.2, -0.15) is 0 Å². The lowest BCUT2D eigenvalue weighted by molar-refractivity contribution is 0.0737. The van der Waals surface area contributed by atoms with Crippen molar-refractivity contribution in [2.75, 3.05) is 6.54 Å². The monoisotopic (exact) mass is 372 g/mol. The molecule has 25 heavy (non-hydrogen) atoms. The summed E-state index contributed by atoms with van der Waals surface area (Å²) in [6, 6.07) is 7.69. The van der Waals surface area contributed by atoms with Gasteiger partial charge in [0.2, 0.25) is 5.82 Å². The van der Waals surface area contributed by atoms with Crippen molar-refractivity contribution < 1.29 is 9.59 Å². The Kier molecular flexibility index (Phi) is 3.89. The van der Waals surface area contributed by atoms with Gasteiger partial charge in [-0.05, 0) is 6.07 Å². The fourth-order valence-electron chi connectivity index (χ4n) is 2.90. The van der Waals surface area contributed by atoms with Crippen LogP contribution in [0.2, 0.25) is 5.02 Å². The van der Waals surface area contributed by atoms with E-state index in [0.717, 1.165) is 21.3 Å². The molecule has 0 bridgehead atoms.